The minimum atomic E-state index is 0.282. The van der Waals surface area contributed by atoms with E-state index in [2.05, 4.69) is 59.7 Å². The Balaban J connectivity index is 1.88. The fourth-order valence-corrected chi connectivity index (χ4v) is 2.63. The molecule has 1 atom stereocenters. The third kappa shape index (κ3) is 3.11. The Morgan fingerprint density at radius 1 is 1.05 bits per heavy atom. The Hall–Kier alpha value is -2.19. The topological polar surface area (TPSA) is 24.9 Å². The monoisotopic (exact) mass is 276 g/mol. The van der Waals surface area contributed by atoms with Gasteiger partial charge in [-0.1, -0.05) is 48.0 Å². The second kappa shape index (κ2) is 6.06. The third-order valence-corrected chi connectivity index (χ3v) is 3.92. The molecule has 0 saturated carbocycles. The zero-order valence-corrected chi connectivity index (χ0v) is 12.5. The minimum Gasteiger partial charge on any atom is -0.313 e. The summed E-state index contributed by atoms with van der Waals surface area (Å²) in [4.78, 5) is 4.57. The molecule has 3 aromatic rings. The molecule has 0 radical (unpaired) electrons. The molecule has 0 bridgehead atoms. The molecule has 0 aliphatic carbocycles. The van der Waals surface area contributed by atoms with Crippen LogP contribution in [0.15, 0.2) is 60.8 Å². The number of nitrogens with one attached hydrogen (secondary N) is 1. The smallest absolute Gasteiger partial charge is 0.0702 e. The summed E-state index contributed by atoms with van der Waals surface area (Å²) in [5.74, 6) is 0. The van der Waals surface area contributed by atoms with E-state index in [0.29, 0.717) is 0 Å². The van der Waals surface area contributed by atoms with E-state index in [4.69, 9.17) is 0 Å². The molecule has 1 aromatic heterocycles. The van der Waals surface area contributed by atoms with Gasteiger partial charge in [-0.05, 0) is 43.7 Å². The van der Waals surface area contributed by atoms with Crippen molar-refractivity contribution in [2.24, 2.45) is 0 Å². The molecule has 3 rings (SSSR count). The lowest BCUT2D eigenvalue weighted by atomic mass is 9.98. The predicted octanol–water partition coefficient (Wildman–Crippen LogP) is 4.05. The molecule has 1 unspecified atom stereocenters. The summed E-state index contributed by atoms with van der Waals surface area (Å²) in [7, 11) is 2.01. The van der Waals surface area contributed by atoms with E-state index < -0.39 is 0 Å². The number of nitrogens with zero attached hydrogens (tertiary/aromatic N) is 1. The molecular weight excluding hydrogens is 256 g/mol. The lowest BCUT2D eigenvalue weighted by molar-refractivity contribution is 0.591. The van der Waals surface area contributed by atoms with Gasteiger partial charge >= 0.3 is 0 Å². The maximum absolute atomic E-state index is 4.57. The van der Waals surface area contributed by atoms with Gasteiger partial charge in [-0.25, -0.2) is 0 Å². The summed E-state index contributed by atoms with van der Waals surface area (Å²) in [6.07, 6.45) is 2.95. The lowest BCUT2D eigenvalue weighted by Gasteiger charge is -2.17. The van der Waals surface area contributed by atoms with Gasteiger partial charge in [0.15, 0.2) is 0 Å². The number of aromatic nitrogens is 1. The molecule has 0 fully saturated rings. The first kappa shape index (κ1) is 13.8. The molecule has 1 heterocycles. The van der Waals surface area contributed by atoms with Crippen molar-refractivity contribution < 1.29 is 0 Å². The molecule has 2 heteroatoms. The second-order valence-electron chi connectivity index (χ2n) is 5.49. The summed E-state index contributed by atoms with van der Waals surface area (Å²) >= 11 is 0. The first-order valence-corrected chi connectivity index (χ1v) is 7.34. The Morgan fingerprint density at radius 3 is 2.57 bits per heavy atom. The Kier molecular flexibility index (Phi) is 3.98. The van der Waals surface area contributed by atoms with Crippen molar-refractivity contribution in [3.8, 4) is 0 Å². The number of rotatable bonds is 4. The Morgan fingerprint density at radius 2 is 1.81 bits per heavy atom. The zero-order chi connectivity index (χ0) is 14.7. The summed E-state index contributed by atoms with van der Waals surface area (Å²) in [5, 5.41) is 4.60. The van der Waals surface area contributed by atoms with Crippen molar-refractivity contribution in [2.75, 3.05) is 7.05 Å². The van der Waals surface area contributed by atoms with E-state index >= 15 is 0 Å². The van der Waals surface area contributed by atoms with Gasteiger partial charge in [-0.2, -0.15) is 0 Å². The highest BCUT2D eigenvalue weighted by molar-refractivity contribution is 5.78. The number of hydrogen-bond acceptors (Lipinski definition) is 2. The van der Waals surface area contributed by atoms with Crippen molar-refractivity contribution in [2.45, 2.75) is 19.4 Å². The molecule has 2 aromatic carbocycles. The molecule has 2 nitrogen and oxygen atoms in total. The third-order valence-electron chi connectivity index (χ3n) is 3.92. The number of pyridine rings is 1. The van der Waals surface area contributed by atoms with E-state index in [1.54, 1.807) is 0 Å². The van der Waals surface area contributed by atoms with Crippen LogP contribution in [0.25, 0.3) is 10.9 Å². The first-order valence-electron chi connectivity index (χ1n) is 7.34. The van der Waals surface area contributed by atoms with Crippen LogP contribution in [0.2, 0.25) is 0 Å². The minimum absolute atomic E-state index is 0.282. The number of para-hydroxylation sites is 1. The van der Waals surface area contributed by atoms with Crippen molar-refractivity contribution in [1.29, 1.82) is 0 Å². The number of likely N-dealkylation sites (N-methyl/N-ethyl adjacent to an activating group) is 1. The Bertz CT molecular complexity index is 732. The van der Waals surface area contributed by atoms with Gasteiger partial charge in [0.2, 0.25) is 0 Å². The van der Waals surface area contributed by atoms with E-state index in [9.17, 15) is 0 Å². The van der Waals surface area contributed by atoms with Crippen LogP contribution >= 0.6 is 0 Å². The van der Waals surface area contributed by atoms with Crippen LogP contribution in [0.5, 0.6) is 0 Å². The summed E-state index contributed by atoms with van der Waals surface area (Å²) in [6, 6.07) is 19.5. The molecule has 0 spiro atoms. The van der Waals surface area contributed by atoms with E-state index in [-0.39, 0.29) is 6.04 Å². The molecule has 106 valence electrons. The second-order valence-corrected chi connectivity index (χ2v) is 5.49. The number of benzene rings is 2. The Labute approximate surface area is 125 Å². The van der Waals surface area contributed by atoms with Crippen molar-refractivity contribution in [3.63, 3.8) is 0 Å². The maximum atomic E-state index is 4.57. The van der Waals surface area contributed by atoms with Crippen LogP contribution in [0.1, 0.15) is 22.7 Å². The average Bonchev–Trinajstić information content (AvgIpc) is 2.54. The highest BCUT2D eigenvalue weighted by Crippen LogP contribution is 2.21. The van der Waals surface area contributed by atoms with Crippen LogP contribution in [-0.4, -0.2) is 12.0 Å². The van der Waals surface area contributed by atoms with Crippen LogP contribution < -0.4 is 5.32 Å². The van der Waals surface area contributed by atoms with Gasteiger partial charge in [0.25, 0.3) is 0 Å². The normalized spacial score (nSPS) is 12.5. The van der Waals surface area contributed by atoms with Gasteiger partial charge in [-0.15, -0.1) is 0 Å². The molecule has 21 heavy (non-hydrogen) atoms. The summed E-state index contributed by atoms with van der Waals surface area (Å²) < 4.78 is 0. The lowest BCUT2D eigenvalue weighted by Crippen LogP contribution is -2.19. The fraction of sp³-hybridized carbons (Fsp3) is 0.211. The zero-order valence-electron chi connectivity index (χ0n) is 12.5. The van der Waals surface area contributed by atoms with Crippen molar-refractivity contribution >= 4 is 10.9 Å². The highest BCUT2D eigenvalue weighted by atomic mass is 14.9. The molecule has 0 amide bonds. The number of hydrogen-bond donors (Lipinski definition) is 1. The highest BCUT2D eigenvalue weighted by Gasteiger charge is 2.11. The van der Waals surface area contributed by atoms with E-state index in [0.717, 1.165) is 11.9 Å². The van der Waals surface area contributed by atoms with Gasteiger partial charge < -0.3 is 5.32 Å². The van der Waals surface area contributed by atoms with Crippen LogP contribution in [0.4, 0.5) is 0 Å². The SMILES string of the molecule is CNC(Cc1ccc(C)cc1)c1cnc2ccccc2c1. The number of fused-ring (bicyclic) bond motifs is 1. The maximum Gasteiger partial charge on any atom is 0.0702 e. The summed E-state index contributed by atoms with van der Waals surface area (Å²) in [6.45, 7) is 2.12. The van der Waals surface area contributed by atoms with Gasteiger partial charge in [0.1, 0.15) is 0 Å². The molecule has 0 aliphatic heterocycles. The summed E-state index contributed by atoms with van der Waals surface area (Å²) in [5.41, 5.74) is 4.92. The van der Waals surface area contributed by atoms with Gasteiger partial charge in [-0.3, -0.25) is 4.98 Å². The first-order chi connectivity index (χ1) is 10.3. The standard InChI is InChI=1S/C19H20N2/c1-14-7-9-15(10-8-14)11-19(20-2)17-12-16-5-3-4-6-18(16)21-13-17/h3-10,12-13,19-20H,11H2,1-2H3. The van der Waals surface area contributed by atoms with Crippen LogP contribution in [-0.2, 0) is 6.42 Å². The molecular formula is C19H20N2. The van der Waals surface area contributed by atoms with E-state index in [1.165, 1.54) is 22.1 Å². The van der Waals surface area contributed by atoms with Crippen LogP contribution in [0, 0.1) is 6.92 Å². The van der Waals surface area contributed by atoms with Crippen molar-refractivity contribution in [1.82, 2.24) is 10.3 Å². The largest absolute Gasteiger partial charge is 0.313 e. The van der Waals surface area contributed by atoms with Gasteiger partial charge in [0.05, 0.1) is 5.52 Å². The quantitative estimate of drug-likeness (QED) is 0.777. The number of aryl methyl sites for hydroxylation is 1. The molecule has 1 N–H and O–H groups in total. The van der Waals surface area contributed by atoms with Crippen molar-refractivity contribution in [3.05, 3.63) is 77.5 Å². The molecule has 0 aliphatic rings. The molecule has 0 saturated heterocycles. The van der Waals surface area contributed by atoms with Gasteiger partial charge in [0, 0.05) is 17.6 Å². The van der Waals surface area contributed by atoms with E-state index in [1.807, 2.05) is 25.4 Å². The average molecular weight is 276 g/mol. The predicted molar refractivity (Wildman–Crippen MR) is 88.4 cm³/mol. The fourth-order valence-electron chi connectivity index (χ4n) is 2.63. The van der Waals surface area contributed by atoms with Crippen LogP contribution in [0.3, 0.4) is 0 Å².